The van der Waals surface area contributed by atoms with Crippen molar-refractivity contribution in [1.29, 1.82) is 0 Å². The first-order valence-electron chi connectivity index (χ1n) is 10.2. The van der Waals surface area contributed by atoms with Crippen molar-refractivity contribution < 1.29 is 27.8 Å². The normalized spacial score (nSPS) is 17.4. The van der Waals surface area contributed by atoms with Crippen molar-refractivity contribution in [2.45, 2.75) is 19.1 Å². The number of amides is 1. The van der Waals surface area contributed by atoms with Gasteiger partial charge in [-0.05, 0) is 24.6 Å². The fraction of sp³-hybridized carbons (Fsp3) is 0.273. The van der Waals surface area contributed by atoms with Crippen LogP contribution < -0.4 is 14.8 Å². The summed E-state index contributed by atoms with van der Waals surface area (Å²) in [6, 6.07) is 5.83. The fourth-order valence-corrected chi connectivity index (χ4v) is 3.36. The molecule has 0 aliphatic carbocycles. The van der Waals surface area contributed by atoms with E-state index in [2.05, 4.69) is 15.3 Å². The number of halogens is 2. The van der Waals surface area contributed by atoms with Crippen LogP contribution >= 0.6 is 0 Å². The molecule has 1 fully saturated rings. The minimum absolute atomic E-state index is 0.00941. The van der Waals surface area contributed by atoms with Crippen LogP contribution in [0.4, 0.5) is 14.6 Å². The quantitative estimate of drug-likeness (QED) is 0.448. The van der Waals surface area contributed by atoms with Crippen LogP contribution in [0.15, 0.2) is 55.1 Å². The monoisotopic (exact) mass is 457 g/mol. The molecule has 11 heteroatoms. The molecule has 3 heterocycles. The number of hydrogen-bond acceptors (Lipinski definition) is 7. The Kier molecular flexibility index (Phi) is 6.71. The number of rotatable bonds is 6. The van der Waals surface area contributed by atoms with Crippen LogP contribution in [-0.2, 0) is 9.53 Å². The van der Waals surface area contributed by atoms with Crippen molar-refractivity contribution in [1.82, 2.24) is 14.9 Å². The van der Waals surface area contributed by atoms with Gasteiger partial charge < -0.3 is 20.0 Å². The highest BCUT2D eigenvalue weighted by Crippen LogP contribution is 2.24. The molecule has 1 N–H and O–H groups in total. The molecule has 2 atom stereocenters. The van der Waals surface area contributed by atoms with Crippen LogP contribution in [0.3, 0.4) is 0 Å². The Morgan fingerprint density at radius 2 is 2.06 bits per heavy atom. The summed E-state index contributed by atoms with van der Waals surface area (Å²) in [5, 5.41) is 13.9. The van der Waals surface area contributed by atoms with Crippen LogP contribution in [0.2, 0.25) is 0 Å². The summed E-state index contributed by atoms with van der Waals surface area (Å²) in [7, 11) is 0. The lowest BCUT2D eigenvalue weighted by molar-refractivity contribution is -0.605. The first-order chi connectivity index (χ1) is 15.9. The molecule has 0 bridgehead atoms. The van der Waals surface area contributed by atoms with Crippen molar-refractivity contribution in [3.05, 3.63) is 77.5 Å². The molecule has 9 nitrogen and oxygen atoms in total. The van der Waals surface area contributed by atoms with E-state index < -0.39 is 17.7 Å². The molecule has 0 unspecified atom stereocenters. The minimum atomic E-state index is -0.866. The van der Waals surface area contributed by atoms with Crippen LogP contribution in [0.5, 0.6) is 11.6 Å². The molecule has 33 heavy (non-hydrogen) atoms. The summed E-state index contributed by atoms with van der Waals surface area (Å²) >= 11 is 0. The number of aromatic nitrogens is 3. The van der Waals surface area contributed by atoms with Crippen molar-refractivity contribution in [2.24, 2.45) is 0 Å². The highest BCUT2D eigenvalue weighted by molar-refractivity contribution is 5.93. The van der Waals surface area contributed by atoms with E-state index in [9.17, 15) is 18.8 Å². The number of carbonyl (C=O) groups is 1. The second-order valence-electron chi connectivity index (χ2n) is 7.43. The van der Waals surface area contributed by atoms with Crippen LogP contribution in [-0.4, -0.2) is 46.5 Å². The van der Waals surface area contributed by atoms with Gasteiger partial charge in [0.05, 0.1) is 31.1 Å². The Bertz CT molecular complexity index is 1110. The summed E-state index contributed by atoms with van der Waals surface area (Å²) in [6.07, 6.45) is 5.07. The van der Waals surface area contributed by atoms with Crippen molar-refractivity contribution in [2.75, 3.05) is 25.0 Å². The summed E-state index contributed by atoms with van der Waals surface area (Å²) < 4.78 is 38.5. The molecule has 3 aromatic rings. The first-order valence-corrected chi connectivity index (χ1v) is 10.2. The average Bonchev–Trinajstić information content (AvgIpc) is 2.82. The topological polar surface area (TPSA) is 104 Å². The number of pyridine rings is 1. The smallest absolute Gasteiger partial charge is 0.242 e. The Morgan fingerprint density at radius 3 is 2.76 bits per heavy atom. The number of hydrogen-bond donors (Lipinski definition) is 1. The molecule has 1 aliphatic rings. The van der Waals surface area contributed by atoms with E-state index in [0.717, 1.165) is 17.7 Å². The van der Waals surface area contributed by atoms with Crippen LogP contribution in [0.1, 0.15) is 18.6 Å². The van der Waals surface area contributed by atoms with Crippen molar-refractivity contribution >= 4 is 11.7 Å². The zero-order chi connectivity index (χ0) is 23.4. The highest BCUT2D eigenvalue weighted by Gasteiger charge is 2.29. The highest BCUT2D eigenvalue weighted by atomic mass is 19.1. The Morgan fingerprint density at radius 1 is 1.27 bits per heavy atom. The van der Waals surface area contributed by atoms with Gasteiger partial charge in [-0.2, -0.15) is 4.73 Å². The fourth-order valence-electron chi connectivity index (χ4n) is 3.36. The number of morpholine rings is 1. The number of nitrogens with zero attached hydrogens (tertiary/aromatic N) is 4. The first kappa shape index (κ1) is 22.5. The van der Waals surface area contributed by atoms with Gasteiger partial charge in [0.1, 0.15) is 5.82 Å². The van der Waals surface area contributed by atoms with Crippen LogP contribution in [0, 0.1) is 16.8 Å². The summed E-state index contributed by atoms with van der Waals surface area (Å²) in [5.41, 5.74) is 0.860. The Hall–Kier alpha value is -3.70. The van der Waals surface area contributed by atoms with E-state index in [0.29, 0.717) is 30.5 Å². The molecular weight excluding hydrogens is 436 g/mol. The largest absolute Gasteiger partial charge is 0.619 e. The zero-order valence-electron chi connectivity index (χ0n) is 17.6. The molecule has 0 saturated carbocycles. The minimum Gasteiger partial charge on any atom is -0.619 e. The number of benzene rings is 1. The van der Waals surface area contributed by atoms with E-state index in [1.165, 1.54) is 24.8 Å². The van der Waals surface area contributed by atoms with Gasteiger partial charge in [-0.25, -0.2) is 18.7 Å². The number of anilines is 1. The van der Waals surface area contributed by atoms with E-state index in [1.54, 1.807) is 19.1 Å². The second kappa shape index (κ2) is 9.84. The van der Waals surface area contributed by atoms with Crippen LogP contribution in [0.25, 0.3) is 0 Å². The van der Waals surface area contributed by atoms with Gasteiger partial charge in [0.25, 0.3) is 0 Å². The third-order valence-corrected chi connectivity index (χ3v) is 5.21. The molecule has 2 aromatic heterocycles. The van der Waals surface area contributed by atoms with E-state index in [4.69, 9.17) is 9.47 Å². The lowest BCUT2D eigenvalue weighted by Crippen LogP contribution is -2.48. The predicted molar refractivity (Wildman–Crippen MR) is 112 cm³/mol. The summed E-state index contributed by atoms with van der Waals surface area (Å²) in [5.74, 6) is -1.87. The lowest BCUT2D eigenvalue weighted by atomic mass is 10.1. The Balaban J connectivity index is 1.34. The average molecular weight is 457 g/mol. The standard InChI is InChI=1S/C22H21F2N5O4/c1-14(28-8-9-32-19(13-28)15-4-6-29(31)7-5-15)22(30)27-20-11-26-21(12-25-20)33-18-3-2-16(23)10-17(18)24/h2-7,10-12,14,19H,8-9,13H2,1H3,(H,25,27,30)/t14-,19+/m0/s1. The summed E-state index contributed by atoms with van der Waals surface area (Å²) in [6.45, 7) is 3.27. The van der Waals surface area contributed by atoms with Gasteiger partial charge in [0.2, 0.25) is 11.8 Å². The van der Waals surface area contributed by atoms with Gasteiger partial charge >= 0.3 is 0 Å². The zero-order valence-corrected chi connectivity index (χ0v) is 17.6. The van der Waals surface area contributed by atoms with Crippen molar-refractivity contribution in [3.8, 4) is 11.6 Å². The third kappa shape index (κ3) is 5.57. The molecule has 0 spiro atoms. The number of nitrogens with one attached hydrogen (secondary N) is 1. The van der Waals surface area contributed by atoms with Gasteiger partial charge in [-0.1, -0.05) is 0 Å². The van der Waals surface area contributed by atoms with Gasteiger partial charge in [-0.15, -0.1) is 0 Å². The molecular formula is C22H21F2N5O4. The van der Waals surface area contributed by atoms with Gasteiger partial charge in [0.15, 0.2) is 29.8 Å². The predicted octanol–water partition coefficient (Wildman–Crippen LogP) is 2.58. The van der Waals surface area contributed by atoms with Gasteiger partial charge in [0, 0.05) is 31.3 Å². The van der Waals surface area contributed by atoms with E-state index >= 15 is 0 Å². The molecule has 1 saturated heterocycles. The van der Waals surface area contributed by atoms with Gasteiger partial charge in [-0.3, -0.25) is 9.69 Å². The Labute approximate surface area is 188 Å². The molecule has 1 amide bonds. The summed E-state index contributed by atoms with van der Waals surface area (Å²) in [4.78, 5) is 22.8. The molecule has 1 aromatic carbocycles. The molecule has 0 radical (unpaired) electrons. The maximum Gasteiger partial charge on any atom is 0.242 e. The van der Waals surface area contributed by atoms with Crippen molar-refractivity contribution in [3.63, 3.8) is 0 Å². The SMILES string of the molecule is C[C@@H](C(=O)Nc1cnc(Oc2ccc(F)cc2F)cn1)N1CCO[C@@H](c2cc[n+]([O-])cc2)C1. The number of carbonyl (C=O) groups excluding carboxylic acids is 1. The molecule has 4 rings (SSSR count). The molecule has 172 valence electrons. The molecule has 1 aliphatic heterocycles. The lowest BCUT2D eigenvalue weighted by Gasteiger charge is -2.36. The third-order valence-electron chi connectivity index (χ3n) is 5.21. The second-order valence-corrected chi connectivity index (χ2v) is 7.43. The number of ether oxygens (including phenoxy) is 2. The maximum atomic E-state index is 13.7. The maximum absolute atomic E-state index is 13.7. The van der Waals surface area contributed by atoms with E-state index in [1.807, 2.05) is 4.90 Å². The van der Waals surface area contributed by atoms with E-state index in [-0.39, 0.29) is 29.5 Å².